The van der Waals surface area contributed by atoms with Crippen LogP contribution in [0.3, 0.4) is 0 Å². The number of aliphatic hydroxyl groups excluding tert-OH is 1. The predicted molar refractivity (Wildman–Crippen MR) is 54.1 cm³/mol. The maximum atomic E-state index is 12.2. The molecule has 0 bridgehead atoms. The Labute approximate surface area is 106 Å². The van der Waals surface area contributed by atoms with Crippen LogP contribution in [0.15, 0.2) is 0 Å². The molecule has 0 aliphatic rings. The van der Waals surface area contributed by atoms with Crippen molar-refractivity contribution >= 4 is 5.91 Å². The minimum atomic E-state index is -5.68. The largest absolute Gasteiger partial charge is 0.409 e. The van der Waals surface area contributed by atoms with Crippen LogP contribution in [0.25, 0.3) is 0 Å². The van der Waals surface area contributed by atoms with Gasteiger partial charge >= 0.3 is 12.4 Å². The molecule has 0 saturated heterocycles. The summed E-state index contributed by atoms with van der Waals surface area (Å²) in [6.07, 6.45) is -10.7. The zero-order valence-electron chi connectivity index (χ0n) is 10.1. The number of aliphatic hydroxyl groups is 1. The van der Waals surface area contributed by atoms with Crippen molar-refractivity contribution in [2.24, 2.45) is 11.8 Å². The zero-order valence-corrected chi connectivity index (χ0v) is 10.1. The molecule has 0 aliphatic heterocycles. The second-order valence-corrected chi connectivity index (χ2v) is 4.05. The van der Waals surface area contributed by atoms with Crippen molar-refractivity contribution in [1.82, 2.24) is 5.32 Å². The highest BCUT2D eigenvalue weighted by Gasteiger charge is 2.61. The second kappa shape index (κ2) is 6.97. The molecule has 0 aliphatic carbocycles. The van der Waals surface area contributed by atoms with Crippen molar-refractivity contribution in [3.8, 4) is 0 Å². The van der Waals surface area contributed by atoms with E-state index in [1.54, 1.807) is 12.2 Å². The van der Waals surface area contributed by atoms with E-state index in [0.29, 0.717) is 6.42 Å². The average molecular weight is 295 g/mol. The van der Waals surface area contributed by atoms with Gasteiger partial charge in [-0.25, -0.2) is 0 Å². The molecule has 0 aromatic rings. The molecule has 0 spiro atoms. The van der Waals surface area contributed by atoms with Crippen LogP contribution in [-0.2, 0) is 4.79 Å². The quantitative estimate of drug-likeness (QED) is 0.738. The van der Waals surface area contributed by atoms with Crippen LogP contribution in [-0.4, -0.2) is 36.5 Å². The van der Waals surface area contributed by atoms with Crippen molar-refractivity contribution < 1.29 is 36.2 Å². The fourth-order valence-corrected chi connectivity index (χ4v) is 1.46. The summed E-state index contributed by atoms with van der Waals surface area (Å²) in [4.78, 5) is 11.0. The molecule has 0 heterocycles. The molecule has 0 saturated carbocycles. The smallest absolute Gasteiger partial charge is 0.396 e. The molecular formula is C10H15F6NO2. The molecule has 0 radical (unpaired) electrons. The van der Waals surface area contributed by atoms with Crippen LogP contribution >= 0.6 is 0 Å². The van der Waals surface area contributed by atoms with E-state index in [4.69, 9.17) is 5.11 Å². The molecule has 1 unspecified atom stereocenters. The summed E-state index contributed by atoms with van der Waals surface area (Å²) in [5.41, 5.74) is 0. The molecule has 3 nitrogen and oxygen atoms in total. The molecule has 0 aromatic heterocycles. The number of alkyl halides is 6. The number of carbonyl (C=O) groups excluding carboxylic acids is 1. The predicted octanol–water partition coefficient (Wildman–Crippen LogP) is 2.25. The number of rotatable bonds is 6. The van der Waals surface area contributed by atoms with Gasteiger partial charge in [0, 0.05) is 13.2 Å². The minimum Gasteiger partial charge on any atom is -0.396 e. The Morgan fingerprint density at radius 2 is 1.63 bits per heavy atom. The molecule has 1 atom stereocenters. The van der Waals surface area contributed by atoms with E-state index < -0.39 is 24.2 Å². The van der Waals surface area contributed by atoms with Crippen LogP contribution in [0, 0.1) is 11.8 Å². The number of amides is 1. The highest BCUT2D eigenvalue weighted by atomic mass is 19.4. The summed E-state index contributed by atoms with van der Waals surface area (Å²) in [5.74, 6) is -6.50. The van der Waals surface area contributed by atoms with Crippen molar-refractivity contribution in [3.63, 3.8) is 0 Å². The first-order valence-electron chi connectivity index (χ1n) is 5.56. The summed E-state index contributed by atoms with van der Waals surface area (Å²) < 4.78 is 73.2. The van der Waals surface area contributed by atoms with Crippen LogP contribution in [0.4, 0.5) is 26.3 Å². The van der Waals surface area contributed by atoms with Crippen molar-refractivity contribution in [1.29, 1.82) is 0 Å². The van der Waals surface area contributed by atoms with E-state index in [2.05, 4.69) is 0 Å². The van der Waals surface area contributed by atoms with Gasteiger partial charge in [-0.15, -0.1) is 0 Å². The topological polar surface area (TPSA) is 49.3 Å². The minimum absolute atomic E-state index is 0.194. The Balaban J connectivity index is 4.68. The third-order valence-corrected chi connectivity index (χ3v) is 2.60. The first-order valence-corrected chi connectivity index (χ1v) is 5.56. The zero-order chi connectivity index (χ0) is 15.3. The summed E-state index contributed by atoms with van der Waals surface area (Å²) >= 11 is 0. The lowest BCUT2D eigenvalue weighted by atomic mass is 10.0. The normalized spacial score (nSPS) is 14.6. The van der Waals surface area contributed by atoms with E-state index in [1.807, 2.05) is 0 Å². The maximum Gasteiger partial charge on any atom is 0.409 e. The third kappa shape index (κ3) is 6.13. The van der Waals surface area contributed by atoms with Gasteiger partial charge in [0.05, 0.1) is 0 Å². The highest BCUT2D eigenvalue weighted by molar-refractivity contribution is 5.80. The summed E-state index contributed by atoms with van der Waals surface area (Å²) in [6.45, 7) is 1.06. The van der Waals surface area contributed by atoms with Gasteiger partial charge in [-0.1, -0.05) is 13.3 Å². The fourth-order valence-electron chi connectivity index (χ4n) is 1.46. The van der Waals surface area contributed by atoms with Crippen LogP contribution in [0.5, 0.6) is 0 Å². The van der Waals surface area contributed by atoms with Gasteiger partial charge < -0.3 is 10.4 Å². The fraction of sp³-hybridized carbons (Fsp3) is 0.900. The SMILES string of the molecule is CCC(CCO)CNC(=O)C(C(F)(F)F)C(F)(F)F. The van der Waals surface area contributed by atoms with Crippen LogP contribution in [0.2, 0.25) is 0 Å². The first kappa shape index (κ1) is 18.0. The Kier molecular flexibility index (Phi) is 6.61. The summed E-state index contributed by atoms with van der Waals surface area (Å²) in [6, 6.07) is 0. The monoisotopic (exact) mass is 295 g/mol. The molecule has 0 rings (SSSR count). The molecule has 114 valence electrons. The van der Waals surface area contributed by atoms with Gasteiger partial charge in [0.25, 0.3) is 0 Å². The Hall–Kier alpha value is -0.990. The van der Waals surface area contributed by atoms with Gasteiger partial charge in [-0.2, -0.15) is 26.3 Å². The van der Waals surface area contributed by atoms with E-state index in [-0.39, 0.29) is 25.5 Å². The van der Waals surface area contributed by atoms with Gasteiger partial charge in [-0.05, 0) is 12.3 Å². The average Bonchev–Trinajstić information content (AvgIpc) is 2.19. The number of halogens is 6. The standard InChI is InChI=1S/C10H15F6NO2/c1-2-6(3-4-18)5-17-8(19)7(9(11,12)13)10(14,15)16/h6-7,18H,2-5H2,1H3,(H,17,19). The summed E-state index contributed by atoms with van der Waals surface area (Å²) in [7, 11) is 0. The Bertz CT molecular complexity index is 275. The molecule has 9 heteroatoms. The molecule has 2 N–H and O–H groups in total. The van der Waals surface area contributed by atoms with Gasteiger partial charge in [0.15, 0.2) is 0 Å². The van der Waals surface area contributed by atoms with Crippen LogP contribution in [0.1, 0.15) is 19.8 Å². The lowest BCUT2D eigenvalue weighted by Crippen LogP contribution is -2.48. The molecule has 1 amide bonds. The lowest BCUT2D eigenvalue weighted by molar-refractivity contribution is -0.274. The van der Waals surface area contributed by atoms with Crippen molar-refractivity contribution in [2.45, 2.75) is 32.1 Å². The van der Waals surface area contributed by atoms with E-state index in [0.717, 1.165) is 0 Å². The van der Waals surface area contributed by atoms with E-state index in [1.165, 1.54) is 0 Å². The summed E-state index contributed by atoms with van der Waals surface area (Å²) in [5, 5.41) is 10.3. The Morgan fingerprint density at radius 1 is 1.16 bits per heavy atom. The van der Waals surface area contributed by atoms with E-state index in [9.17, 15) is 31.1 Å². The van der Waals surface area contributed by atoms with Crippen molar-refractivity contribution in [3.05, 3.63) is 0 Å². The third-order valence-electron chi connectivity index (χ3n) is 2.60. The van der Waals surface area contributed by atoms with Gasteiger partial charge in [-0.3, -0.25) is 4.79 Å². The number of hydrogen-bond acceptors (Lipinski definition) is 2. The lowest BCUT2D eigenvalue weighted by Gasteiger charge is -2.23. The van der Waals surface area contributed by atoms with Crippen molar-refractivity contribution in [2.75, 3.05) is 13.2 Å². The molecule has 0 aromatic carbocycles. The van der Waals surface area contributed by atoms with Gasteiger partial charge in [0.2, 0.25) is 11.8 Å². The Morgan fingerprint density at radius 3 is 1.95 bits per heavy atom. The first-order chi connectivity index (χ1) is 8.54. The second-order valence-electron chi connectivity index (χ2n) is 4.05. The van der Waals surface area contributed by atoms with Crippen LogP contribution < -0.4 is 5.32 Å². The molecule has 19 heavy (non-hydrogen) atoms. The number of carbonyl (C=O) groups is 1. The number of hydrogen-bond donors (Lipinski definition) is 2. The number of nitrogens with one attached hydrogen (secondary N) is 1. The van der Waals surface area contributed by atoms with E-state index >= 15 is 0 Å². The molecular weight excluding hydrogens is 280 g/mol. The maximum absolute atomic E-state index is 12.2. The van der Waals surface area contributed by atoms with Gasteiger partial charge in [0.1, 0.15) is 0 Å². The highest BCUT2D eigenvalue weighted by Crippen LogP contribution is 2.39. The molecule has 0 fully saturated rings.